The number of carbonyl (C=O) groups excluding carboxylic acids is 2. The molecule has 0 unspecified atom stereocenters. The molecule has 1 aromatic carbocycles. The van der Waals surface area contributed by atoms with E-state index in [2.05, 4.69) is 17.2 Å². The molecule has 0 aliphatic heterocycles. The Morgan fingerprint density at radius 2 is 1.86 bits per heavy atom. The highest BCUT2D eigenvalue weighted by Crippen LogP contribution is 2.18. The van der Waals surface area contributed by atoms with Crippen LogP contribution in [0.1, 0.15) is 25.7 Å². The number of hydrogen-bond donors (Lipinski definition) is 2. The fourth-order valence-corrected chi connectivity index (χ4v) is 2.30. The summed E-state index contributed by atoms with van der Waals surface area (Å²) in [5.74, 6) is -0.529. The van der Waals surface area contributed by atoms with E-state index < -0.39 is 11.8 Å². The largest absolute Gasteiger partial charge is 0.490 e. The fraction of sp³-hybridized carbons (Fsp3) is 0.375. The molecule has 0 radical (unpaired) electrons. The van der Waals surface area contributed by atoms with Crippen LogP contribution in [0.2, 0.25) is 0 Å². The summed E-state index contributed by atoms with van der Waals surface area (Å²) >= 11 is 0. The summed E-state index contributed by atoms with van der Waals surface area (Å²) in [4.78, 5) is 23.5. The Kier molecular flexibility index (Phi) is 5.37. The number of nitrogens with one attached hydrogen (secondary N) is 2. The average Bonchev–Trinajstić information content (AvgIpc) is 2.99. The fourth-order valence-electron chi connectivity index (χ4n) is 2.30. The summed E-state index contributed by atoms with van der Waals surface area (Å²) in [6.45, 7) is 3.99. The molecule has 0 heterocycles. The first kappa shape index (κ1) is 15.1. The molecule has 5 nitrogen and oxygen atoms in total. The lowest BCUT2D eigenvalue weighted by Gasteiger charge is -2.12. The number of rotatable bonds is 5. The molecule has 1 saturated carbocycles. The zero-order valence-corrected chi connectivity index (χ0v) is 11.9. The standard InChI is InChI=1S/C16H20N2O3/c1-2-11-21-14-9-7-13(8-10-14)18-16(20)15(19)17-12-5-3-4-6-12/h2,7-10,12H,1,3-6,11H2,(H,17,19)(H,18,20). The number of anilines is 1. The number of hydrogen-bond acceptors (Lipinski definition) is 3. The SMILES string of the molecule is C=CCOc1ccc(NC(=O)C(=O)NC2CCCC2)cc1. The molecule has 5 heteroatoms. The van der Waals surface area contributed by atoms with Gasteiger partial charge in [-0.1, -0.05) is 25.5 Å². The molecule has 0 atom stereocenters. The van der Waals surface area contributed by atoms with Crippen molar-refractivity contribution in [1.82, 2.24) is 5.32 Å². The monoisotopic (exact) mass is 288 g/mol. The summed E-state index contributed by atoms with van der Waals surface area (Å²) in [6.07, 6.45) is 5.78. The Hall–Kier alpha value is -2.30. The van der Waals surface area contributed by atoms with Gasteiger partial charge in [0.05, 0.1) is 0 Å². The third-order valence-corrected chi connectivity index (χ3v) is 3.38. The Morgan fingerprint density at radius 3 is 2.48 bits per heavy atom. The molecule has 1 fully saturated rings. The highest BCUT2D eigenvalue weighted by atomic mass is 16.5. The van der Waals surface area contributed by atoms with E-state index in [1.807, 2.05) is 0 Å². The van der Waals surface area contributed by atoms with E-state index in [-0.39, 0.29) is 6.04 Å². The van der Waals surface area contributed by atoms with Gasteiger partial charge in [0.1, 0.15) is 12.4 Å². The number of amides is 2. The maximum atomic E-state index is 11.8. The van der Waals surface area contributed by atoms with Crippen molar-refractivity contribution in [3.63, 3.8) is 0 Å². The molecular weight excluding hydrogens is 268 g/mol. The van der Waals surface area contributed by atoms with Crippen LogP contribution in [0.3, 0.4) is 0 Å². The number of benzene rings is 1. The Morgan fingerprint density at radius 1 is 1.19 bits per heavy atom. The van der Waals surface area contributed by atoms with Crippen LogP contribution in [0, 0.1) is 0 Å². The molecule has 0 spiro atoms. The van der Waals surface area contributed by atoms with E-state index in [9.17, 15) is 9.59 Å². The normalized spacial score (nSPS) is 14.5. The van der Waals surface area contributed by atoms with Crippen LogP contribution >= 0.6 is 0 Å². The summed E-state index contributed by atoms with van der Waals surface area (Å²) in [6, 6.07) is 6.98. The lowest BCUT2D eigenvalue weighted by molar-refractivity contribution is -0.136. The first-order chi connectivity index (χ1) is 10.2. The van der Waals surface area contributed by atoms with Crippen LogP contribution in [-0.4, -0.2) is 24.5 Å². The summed E-state index contributed by atoms with van der Waals surface area (Å²) < 4.78 is 5.34. The molecule has 1 aliphatic carbocycles. The number of carbonyl (C=O) groups is 2. The van der Waals surface area contributed by atoms with Crippen molar-refractivity contribution in [3.8, 4) is 5.75 Å². The zero-order chi connectivity index (χ0) is 15.1. The lowest BCUT2D eigenvalue weighted by Crippen LogP contribution is -2.40. The molecule has 0 aromatic heterocycles. The molecule has 2 amide bonds. The minimum atomic E-state index is -0.637. The molecular formula is C16H20N2O3. The minimum Gasteiger partial charge on any atom is -0.490 e. The maximum Gasteiger partial charge on any atom is 0.313 e. The lowest BCUT2D eigenvalue weighted by atomic mass is 10.2. The maximum absolute atomic E-state index is 11.8. The Balaban J connectivity index is 1.83. The first-order valence-corrected chi connectivity index (χ1v) is 7.14. The van der Waals surface area contributed by atoms with Gasteiger partial charge in [-0.05, 0) is 37.1 Å². The predicted molar refractivity (Wildman–Crippen MR) is 81.2 cm³/mol. The van der Waals surface area contributed by atoms with Crippen LogP contribution in [-0.2, 0) is 9.59 Å². The van der Waals surface area contributed by atoms with E-state index in [0.717, 1.165) is 25.7 Å². The minimum absolute atomic E-state index is 0.137. The number of ether oxygens (including phenoxy) is 1. The summed E-state index contributed by atoms with van der Waals surface area (Å²) in [7, 11) is 0. The van der Waals surface area contributed by atoms with Gasteiger partial charge in [0.2, 0.25) is 0 Å². The Bertz CT molecular complexity index is 505. The third-order valence-electron chi connectivity index (χ3n) is 3.38. The van der Waals surface area contributed by atoms with Crippen LogP contribution in [0.25, 0.3) is 0 Å². The van der Waals surface area contributed by atoms with E-state index in [4.69, 9.17) is 4.74 Å². The Labute approximate surface area is 124 Å². The van der Waals surface area contributed by atoms with E-state index in [0.29, 0.717) is 18.0 Å². The van der Waals surface area contributed by atoms with Gasteiger partial charge in [0.25, 0.3) is 0 Å². The van der Waals surface area contributed by atoms with E-state index in [1.54, 1.807) is 30.3 Å². The molecule has 0 saturated heterocycles. The topological polar surface area (TPSA) is 67.4 Å². The van der Waals surface area contributed by atoms with Crippen LogP contribution in [0.15, 0.2) is 36.9 Å². The van der Waals surface area contributed by atoms with Gasteiger partial charge < -0.3 is 15.4 Å². The first-order valence-electron chi connectivity index (χ1n) is 7.14. The van der Waals surface area contributed by atoms with Crippen molar-refractivity contribution in [2.45, 2.75) is 31.7 Å². The highest BCUT2D eigenvalue weighted by Gasteiger charge is 2.21. The van der Waals surface area contributed by atoms with Crippen molar-refractivity contribution >= 4 is 17.5 Å². The van der Waals surface area contributed by atoms with Gasteiger partial charge in [-0.25, -0.2) is 0 Å². The van der Waals surface area contributed by atoms with Gasteiger partial charge in [0.15, 0.2) is 0 Å². The van der Waals surface area contributed by atoms with Gasteiger partial charge in [0, 0.05) is 11.7 Å². The van der Waals surface area contributed by atoms with E-state index in [1.165, 1.54) is 0 Å². The van der Waals surface area contributed by atoms with Crippen molar-refractivity contribution in [1.29, 1.82) is 0 Å². The molecule has 1 aromatic rings. The summed E-state index contributed by atoms with van der Waals surface area (Å²) in [5, 5.41) is 5.32. The molecule has 1 aliphatic rings. The van der Waals surface area contributed by atoms with E-state index >= 15 is 0 Å². The second kappa shape index (κ2) is 7.47. The van der Waals surface area contributed by atoms with Crippen LogP contribution in [0.4, 0.5) is 5.69 Å². The van der Waals surface area contributed by atoms with Gasteiger partial charge in [-0.3, -0.25) is 9.59 Å². The van der Waals surface area contributed by atoms with Gasteiger partial charge >= 0.3 is 11.8 Å². The second-order valence-corrected chi connectivity index (χ2v) is 5.03. The second-order valence-electron chi connectivity index (χ2n) is 5.03. The molecule has 2 rings (SSSR count). The molecule has 112 valence electrons. The van der Waals surface area contributed by atoms with Crippen LogP contribution < -0.4 is 15.4 Å². The van der Waals surface area contributed by atoms with Crippen molar-refractivity contribution in [2.24, 2.45) is 0 Å². The average molecular weight is 288 g/mol. The van der Waals surface area contributed by atoms with Gasteiger partial charge in [-0.2, -0.15) is 0 Å². The van der Waals surface area contributed by atoms with Crippen molar-refractivity contribution in [3.05, 3.63) is 36.9 Å². The smallest absolute Gasteiger partial charge is 0.313 e. The van der Waals surface area contributed by atoms with Gasteiger partial charge in [-0.15, -0.1) is 0 Å². The summed E-state index contributed by atoms with van der Waals surface area (Å²) in [5.41, 5.74) is 0.563. The van der Waals surface area contributed by atoms with Crippen molar-refractivity contribution < 1.29 is 14.3 Å². The molecule has 0 bridgehead atoms. The highest BCUT2D eigenvalue weighted by molar-refractivity contribution is 6.39. The van der Waals surface area contributed by atoms with Crippen molar-refractivity contribution in [2.75, 3.05) is 11.9 Å². The zero-order valence-electron chi connectivity index (χ0n) is 11.9. The predicted octanol–water partition coefficient (Wildman–Crippen LogP) is 2.25. The molecule has 2 N–H and O–H groups in total. The molecule has 21 heavy (non-hydrogen) atoms. The quantitative estimate of drug-likeness (QED) is 0.645. The van der Waals surface area contributed by atoms with Crippen LogP contribution in [0.5, 0.6) is 5.75 Å². The third kappa shape index (κ3) is 4.63.